The van der Waals surface area contributed by atoms with Crippen LogP contribution in [-0.4, -0.2) is 23.0 Å². The molecule has 1 amide bonds. The zero-order valence-electron chi connectivity index (χ0n) is 10.7. The molecule has 0 heterocycles. The van der Waals surface area contributed by atoms with Gasteiger partial charge in [-0.15, -0.1) is 6.58 Å². The molecule has 2 N–H and O–H groups in total. The molecule has 1 aromatic carbocycles. The maximum atomic E-state index is 13.4. The third-order valence-corrected chi connectivity index (χ3v) is 2.69. The molecule has 0 bridgehead atoms. The van der Waals surface area contributed by atoms with Gasteiger partial charge < -0.3 is 10.4 Å². The Balaban J connectivity index is 2.70. The van der Waals surface area contributed by atoms with Crippen LogP contribution < -0.4 is 5.32 Å². The fraction of sp³-hybridized carbons (Fsp3) is 0.286. The van der Waals surface area contributed by atoms with E-state index in [2.05, 4.69) is 11.9 Å². The van der Waals surface area contributed by atoms with Crippen molar-refractivity contribution >= 4 is 11.9 Å². The number of halogens is 2. The first-order valence-electron chi connectivity index (χ1n) is 6.01. The Kier molecular flexibility index (Phi) is 5.83. The second kappa shape index (κ2) is 7.37. The molecule has 20 heavy (non-hydrogen) atoms. The molecule has 0 saturated heterocycles. The van der Waals surface area contributed by atoms with Gasteiger partial charge in [0, 0.05) is 5.56 Å². The lowest BCUT2D eigenvalue weighted by molar-refractivity contribution is -0.141. The van der Waals surface area contributed by atoms with Crippen LogP contribution in [0.2, 0.25) is 0 Å². The van der Waals surface area contributed by atoms with Crippen LogP contribution in [0.5, 0.6) is 0 Å². The van der Waals surface area contributed by atoms with Crippen molar-refractivity contribution < 1.29 is 23.5 Å². The van der Waals surface area contributed by atoms with Crippen molar-refractivity contribution in [1.82, 2.24) is 5.32 Å². The third-order valence-electron chi connectivity index (χ3n) is 2.69. The van der Waals surface area contributed by atoms with Gasteiger partial charge in [0.15, 0.2) is 0 Å². The van der Waals surface area contributed by atoms with Gasteiger partial charge in [0.1, 0.15) is 17.7 Å². The summed E-state index contributed by atoms with van der Waals surface area (Å²) < 4.78 is 26.7. The predicted octanol–water partition coefficient (Wildman–Crippen LogP) is 2.04. The van der Waals surface area contributed by atoms with Gasteiger partial charge >= 0.3 is 5.97 Å². The number of hydrogen-bond donors (Lipinski definition) is 2. The number of carbonyl (C=O) groups excluding carboxylic acids is 1. The maximum Gasteiger partial charge on any atom is 0.326 e. The molecule has 0 fully saturated rings. The number of rotatable bonds is 7. The van der Waals surface area contributed by atoms with Crippen molar-refractivity contribution in [2.24, 2.45) is 0 Å². The van der Waals surface area contributed by atoms with E-state index in [4.69, 9.17) is 5.11 Å². The molecule has 4 nitrogen and oxygen atoms in total. The van der Waals surface area contributed by atoms with Crippen molar-refractivity contribution in [1.29, 1.82) is 0 Å². The van der Waals surface area contributed by atoms with Gasteiger partial charge in [-0.2, -0.15) is 0 Å². The first-order valence-corrected chi connectivity index (χ1v) is 6.01. The second-order valence-corrected chi connectivity index (χ2v) is 4.20. The molecule has 0 spiro atoms. The lowest BCUT2D eigenvalue weighted by Crippen LogP contribution is -2.41. The number of hydrogen-bond acceptors (Lipinski definition) is 2. The Morgan fingerprint density at radius 2 is 1.95 bits per heavy atom. The van der Waals surface area contributed by atoms with Gasteiger partial charge in [-0.25, -0.2) is 13.6 Å². The standard InChI is InChI=1S/C14H15F2NO3/c1-2-3-7-12(14(19)20)17-13(18)8-9-10(15)5-4-6-11(9)16/h2,4-6,12H,1,3,7-8H2,(H,17,18)(H,19,20)/t12-/m1/s1. The molecule has 0 aromatic heterocycles. The molecule has 0 radical (unpaired) electrons. The van der Waals surface area contributed by atoms with Crippen molar-refractivity contribution in [3.05, 3.63) is 48.1 Å². The van der Waals surface area contributed by atoms with E-state index in [1.165, 1.54) is 12.1 Å². The van der Waals surface area contributed by atoms with Crippen molar-refractivity contribution in [3.8, 4) is 0 Å². The molecule has 0 aliphatic rings. The van der Waals surface area contributed by atoms with Gasteiger partial charge in [-0.05, 0) is 25.0 Å². The van der Waals surface area contributed by atoms with Crippen LogP contribution in [-0.2, 0) is 16.0 Å². The molecule has 0 unspecified atom stereocenters. The minimum atomic E-state index is -1.20. The lowest BCUT2D eigenvalue weighted by atomic mass is 10.1. The van der Waals surface area contributed by atoms with Gasteiger partial charge in [-0.1, -0.05) is 12.1 Å². The predicted molar refractivity (Wildman–Crippen MR) is 69.1 cm³/mol. The summed E-state index contributed by atoms with van der Waals surface area (Å²) >= 11 is 0. The van der Waals surface area contributed by atoms with E-state index in [-0.39, 0.29) is 12.0 Å². The van der Waals surface area contributed by atoms with Gasteiger partial charge in [-0.3, -0.25) is 4.79 Å². The molecule has 1 aromatic rings. The number of carbonyl (C=O) groups is 2. The normalized spacial score (nSPS) is 11.7. The lowest BCUT2D eigenvalue weighted by Gasteiger charge is -2.14. The van der Waals surface area contributed by atoms with Crippen LogP contribution in [0.1, 0.15) is 18.4 Å². The van der Waals surface area contributed by atoms with E-state index in [1.807, 2.05) is 0 Å². The zero-order chi connectivity index (χ0) is 15.1. The first-order chi connectivity index (χ1) is 9.45. The minimum absolute atomic E-state index is 0.171. The molecule has 6 heteroatoms. The van der Waals surface area contributed by atoms with E-state index in [9.17, 15) is 18.4 Å². The monoisotopic (exact) mass is 283 g/mol. The summed E-state index contributed by atoms with van der Waals surface area (Å²) in [5.41, 5.74) is -0.377. The topological polar surface area (TPSA) is 66.4 Å². The van der Waals surface area contributed by atoms with E-state index >= 15 is 0 Å². The number of carboxylic acids is 1. The fourth-order valence-electron chi connectivity index (χ4n) is 1.65. The highest BCUT2D eigenvalue weighted by atomic mass is 19.1. The van der Waals surface area contributed by atoms with Crippen molar-refractivity contribution in [2.45, 2.75) is 25.3 Å². The van der Waals surface area contributed by atoms with Gasteiger partial charge in [0.2, 0.25) is 5.91 Å². The molecule has 0 saturated carbocycles. The highest BCUT2D eigenvalue weighted by Crippen LogP contribution is 2.12. The largest absolute Gasteiger partial charge is 0.480 e. The summed E-state index contributed by atoms with van der Waals surface area (Å²) in [6.45, 7) is 3.46. The van der Waals surface area contributed by atoms with E-state index in [1.54, 1.807) is 0 Å². The van der Waals surface area contributed by atoms with Crippen LogP contribution in [0.3, 0.4) is 0 Å². The maximum absolute atomic E-state index is 13.4. The molecule has 1 rings (SSSR count). The van der Waals surface area contributed by atoms with E-state index < -0.39 is 36.0 Å². The van der Waals surface area contributed by atoms with Gasteiger partial charge in [0.25, 0.3) is 0 Å². The summed E-state index contributed by atoms with van der Waals surface area (Å²) in [4.78, 5) is 22.6. The molecule has 0 aliphatic carbocycles. The average Bonchev–Trinajstić information content (AvgIpc) is 2.38. The van der Waals surface area contributed by atoms with Crippen LogP contribution in [0, 0.1) is 11.6 Å². The molecule has 1 atom stereocenters. The van der Waals surface area contributed by atoms with Crippen molar-refractivity contribution in [2.75, 3.05) is 0 Å². The number of aliphatic carboxylic acids is 1. The summed E-state index contributed by atoms with van der Waals surface area (Å²) in [6.07, 6.45) is 1.56. The number of carboxylic acid groups (broad SMARTS) is 1. The molecule has 108 valence electrons. The summed E-state index contributed by atoms with van der Waals surface area (Å²) in [5.74, 6) is -3.61. The second-order valence-electron chi connectivity index (χ2n) is 4.20. The molecule has 0 aliphatic heterocycles. The number of benzene rings is 1. The molecular formula is C14H15F2NO3. The van der Waals surface area contributed by atoms with Crippen molar-refractivity contribution in [3.63, 3.8) is 0 Å². The number of nitrogens with one attached hydrogen (secondary N) is 1. The summed E-state index contributed by atoms with van der Waals surface area (Å²) in [7, 11) is 0. The Morgan fingerprint density at radius 1 is 1.35 bits per heavy atom. The SMILES string of the molecule is C=CCC[C@@H](NC(=O)Cc1c(F)cccc1F)C(=O)O. The summed E-state index contributed by atoms with van der Waals surface area (Å²) in [5, 5.41) is 11.2. The Labute approximate surface area is 115 Å². The van der Waals surface area contributed by atoms with Crippen LogP contribution in [0.15, 0.2) is 30.9 Å². The van der Waals surface area contributed by atoms with Crippen LogP contribution >= 0.6 is 0 Å². The quantitative estimate of drug-likeness (QED) is 0.753. The Bertz CT molecular complexity index is 497. The zero-order valence-corrected chi connectivity index (χ0v) is 10.7. The molecular weight excluding hydrogens is 268 g/mol. The summed E-state index contributed by atoms with van der Waals surface area (Å²) in [6, 6.07) is 2.17. The van der Waals surface area contributed by atoms with E-state index in [0.29, 0.717) is 6.42 Å². The highest BCUT2D eigenvalue weighted by Gasteiger charge is 2.20. The highest BCUT2D eigenvalue weighted by molar-refractivity contribution is 5.84. The smallest absolute Gasteiger partial charge is 0.326 e. The minimum Gasteiger partial charge on any atom is -0.480 e. The number of allylic oxidation sites excluding steroid dienone is 1. The Morgan fingerprint density at radius 3 is 2.45 bits per heavy atom. The Hall–Kier alpha value is -2.24. The first kappa shape index (κ1) is 15.8. The van der Waals surface area contributed by atoms with Gasteiger partial charge in [0.05, 0.1) is 6.42 Å². The average molecular weight is 283 g/mol. The van der Waals surface area contributed by atoms with Crippen LogP contribution in [0.25, 0.3) is 0 Å². The van der Waals surface area contributed by atoms with E-state index in [0.717, 1.165) is 12.1 Å². The number of amides is 1. The third kappa shape index (κ3) is 4.46. The fourth-order valence-corrected chi connectivity index (χ4v) is 1.65. The van der Waals surface area contributed by atoms with Crippen LogP contribution in [0.4, 0.5) is 8.78 Å².